The fraction of sp³-hybridized carbons (Fsp3) is 1.00. The van der Waals surface area contributed by atoms with E-state index in [4.69, 9.17) is 0 Å². The van der Waals surface area contributed by atoms with Gasteiger partial charge in [-0.05, 0) is 32.4 Å². The van der Waals surface area contributed by atoms with Crippen molar-refractivity contribution in [2.45, 2.75) is 64.5 Å². The molecule has 0 spiro atoms. The minimum atomic E-state index is 0.879. The predicted molar refractivity (Wildman–Crippen MR) is 74.3 cm³/mol. The van der Waals surface area contributed by atoms with E-state index in [0.29, 0.717) is 0 Å². The minimum absolute atomic E-state index is 0.879. The van der Waals surface area contributed by atoms with Crippen molar-refractivity contribution < 1.29 is 0 Å². The highest BCUT2D eigenvalue weighted by Crippen LogP contribution is 2.30. The number of rotatable bonds is 7. The van der Waals surface area contributed by atoms with Crippen LogP contribution in [0, 0.1) is 5.92 Å². The maximum absolute atomic E-state index is 2.70. The van der Waals surface area contributed by atoms with E-state index < -0.39 is 0 Å². The fourth-order valence-corrected chi connectivity index (χ4v) is 3.36. The lowest BCUT2D eigenvalue weighted by atomic mass is 9.88. The summed E-state index contributed by atoms with van der Waals surface area (Å²) in [5, 5.41) is 0. The van der Waals surface area contributed by atoms with Gasteiger partial charge in [0.05, 0.1) is 0 Å². The molecule has 2 bridgehead atoms. The zero-order valence-corrected chi connectivity index (χ0v) is 12.0. The van der Waals surface area contributed by atoms with Crippen molar-refractivity contribution in [3.63, 3.8) is 0 Å². The second-order valence-corrected chi connectivity index (χ2v) is 6.36. The van der Waals surface area contributed by atoms with Crippen LogP contribution in [0.1, 0.15) is 52.4 Å². The summed E-state index contributed by atoms with van der Waals surface area (Å²) in [6.07, 6.45) is 8.52. The van der Waals surface area contributed by atoms with Crippen LogP contribution in [-0.2, 0) is 0 Å². The molecule has 2 nitrogen and oxygen atoms in total. The van der Waals surface area contributed by atoms with E-state index in [1.165, 1.54) is 58.2 Å². The summed E-state index contributed by atoms with van der Waals surface area (Å²) in [6.45, 7) is 8.73. The highest BCUT2D eigenvalue weighted by Gasteiger charge is 2.41. The summed E-state index contributed by atoms with van der Waals surface area (Å²) in [6, 6.07) is 1.76. The molecule has 3 unspecified atom stereocenters. The van der Waals surface area contributed by atoms with Gasteiger partial charge < -0.3 is 4.90 Å². The van der Waals surface area contributed by atoms with E-state index in [-0.39, 0.29) is 0 Å². The summed E-state index contributed by atoms with van der Waals surface area (Å²) in [5.41, 5.74) is 0. The van der Waals surface area contributed by atoms with Crippen LogP contribution in [-0.4, -0.2) is 48.6 Å². The average Bonchev–Trinajstić information content (AvgIpc) is 2.36. The molecule has 100 valence electrons. The van der Waals surface area contributed by atoms with E-state index in [1.54, 1.807) is 0 Å². The topological polar surface area (TPSA) is 6.48 Å². The molecule has 0 amide bonds. The molecule has 3 aliphatic rings. The maximum Gasteiger partial charge on any atom is 0.0238 e. The lowest BCUT2D eigenvalue weighted by molar-refractivity contribution is -0.0514. The molecule has 2 heteroatoms. The highest BCUT2D eigenvalue weighted by molar-refractivity contribution is 4.98. The van der Waals surface area contributed by atoms with Gasteiger partial charge in [0.25, 0.3) is 0 Å². The third-order valence-corrected chi connectivity index (χ3v) is 4.87. The summed E-state index contributed by atoms with van der Waals surface area (Å²) in [4.78, 5) is 5.27. The highest BCUT2D eigenvalue weighted by atomic mass is 15.3. The van der Waals surface area contributed by atoms with Crippen LogP contribution in [0.4, 0.5) is 0 Å². The van der Waals surface area contributed by atoms with Gasteiger partial charge in [-0.25, -0.2) is 0 Å². The zero-order valence-electron chi connectivity index (χ0n) is 12.0. The molecule has 3 saturated heterocycles. The van der Waals surface area contributed by atoms with Gasteiger partial charge in [0.2, 0.25) is 0 Å². The lowest BCUT2D eigenvalue weighted by Gasteiger charge is -2.55. The third kappa shape index (κ3) is 3.45. The molecule has 0 aromatic heterocycles. The fourth-order valence-electron chi connectivity index (χ4n) is 3.36. The van der Waals surface area contributed by atoms with Crippen molar-refractivity contribution in [3.8, 4) is 0 Å². The van der Waals surface area contributed by atoms with Gasteiger partial charge in [0.1, 0.15) is 0 Å². The summed E-state index contributed by atoms with van der Waals surface area (Å²) >= 11 is 0. The van der Waals surface area contributed by atoms with Crippen LogP contribution < -0.4 is 0 Å². The number of likely N-dealkylation sites (N-methyl/N-ethyl adjacent to an activating group) is 1. The van der Waals surface area contributed by atoms with Crippen molar-refractivity contribution in [1.29, 1.82) is 0 Å². The number of hydrogen-bond donors (Lipinski definition) is 0. The summed E-state index contributed by atoms with van der Waals surface area (Å²) in [7, 11) is 2.30. The van der Waals surface area contributed by atoms with Crippen LogP contribution >= 0.6 is 0 Å². The molecule has 0 saturated carbocycles. The molecule has 3 atom stereocenters. The Bertz CT molecular complexity index is 217. The molecule has 3 rings (SSSR count). The largest absolute Gasteiger partial charge is 0.300 e. The average molecular weight is 238 g/mol. The van der Waals surface area contributed by atoms with Gasteiger partial charge in [-0.1, -0.05) is 39.5 Å². The minimum Gasteiger partial charge on any atom is -0.300 e. The molecule has 0 aliphatic carbocycles. The Balaban J connectivity index is 1.56. The number of fused-ring (bicyclic) bond motifs is 2. The number of unbranched alkanes of at least 4 members (excludes halogenated alkanes) is 2. The number of hydrogen-bond acceptors (Lipinski definition) is 2. The Morgan fingerprint density at radius 1 is 1.12 bits per heavy atom. The molecular formula is C15H30N2. The predicted octanol–water partition coefficient (Wildman–Crippen LogP) is 2.98. The van der Waals surface area contributed by atoms with Gasteiger partial charge in [-0.3, -0.25) is 4.90 Å². The van der Waals surface area contributed by atoms with E-state index in [0.717, 1.165) is 18.0 Å². The lowest BCUT2D eigenvalue weighted by Crippen LogP contribution is -2.67. The Labute approximate surface area is 107 Å². The van der Waals surface area contributed by atoms with E-state index in [1.807, 2.05) is 0 Å². The van der Waals surface area contributed by atoms with Crippen molar-refractivity contribution in [2.24, 2.45) is 5.92 Å². The van der Waals surface area contributed by atoms with E-state index >= 15 is 0 Å². The molecule has 0 aromatic rings. The summed E-state index contributed by atoms with van der Waals surface area (Å²) in [5.74, 6) is 0.928. The molecule has 0 radical (unpaired) electrons. The molecule has 17 heavy (non-hydrogen) atoms. The first kappa shape index (κ1) is 13.4. The molecule has 3 fully saturated rings. The quantitative estimate of drug-likeness (QED) is 0.629. The smallest absolute Gasteiger partial charge is 0.0238 e. The number of nitrogens with zero attached hydrogens (tertiary/aromatic N) is 2. The number of piperazine rings is 1. The monoisotopic (exact) mass is 238 g/mol. The molecule has 3 heterocycles. The van der Waals surface area contributed by atoms with Crippen LogP contribution in [0.15, 0.2) is 0 Å². The number of piperidine rings is 1. The first-order chi connectivity index (χ1) is 8.20. The SMILES string of the molecule is CCCCCC(C)CCN1CC2CC(C1)N2C. The van der Waals surface area contributed by atoms with E-state index in [2.05, 4.69) is 30.7 Å². The van der Waals surface area contributed by atoms with Gasteiger partial charge >= 0.3 is 0 Å². The van der Waals surface area contributed by atoms with Crippen molar-refractivity contribution in [2.75, 3.05) is 26.7 Å². The Morgan fingerprint density at radius 3 is 2.41 bits per heavy atom. The second kappa shape index (κ2) is 6.19. The second-order valence-electron chi connectivity index (χ2n) is 6.36. The van der Waals surface area contributed by atoms with Gasteiger partial charge in [0.15, 0.2) is 0 Å². The van der Waals surface area contributed by atoms with Crippen molar-refractivity contribution >= 4 is 0 Å². The Hall–Kier alpha value is -0.0800. The van der Waals surface area contributed by atoms with Gasteiger partial charge in [-0.15, -0.1) is 0 Å². The first-order valence-electron chi connectivity index (χ1n) is 7.65. The van der Waals surface area contributed by atoms with Crippen molar-refractivity contribution in [3.05, 3.63) is 0 Å². The van der Waals surface area contributed by atoms with Crippen LogP contribution in [0.25, 0.3) is 0 Å². The standard InChI is InChI=1S/C15H30N2/c1-4-5-6-7-13(2)8-9-17-11-14-10-15(12-17)16(14)3/h13-15H,4-12H2,1-3H3. The molecule has 0 aromatic carbocycles. The molecule has 3 aliphatic heterocycles. The zero-order chi connectivity index (χ0) is 12.3. The first-order valence-corrected chi connectivity index (χ1v) is 7.65. The Kier molecular flexibility index (Phi) is 4.87. The maximum atomic E-state index is 2.70. The summed E-state index contributed by atoms with van der Waals surface area (Å²) < 4.78 is 0. The molecule has 0 N–H and O–H groups in total. The van der Waals surface area contributed by atoms with Crippen molar-refractivity contribution in [1.82, 2.24) is 9.80 Å². The van der Waals surface area contributed by atoms with Gasteiger partial charge in [0, 0.05) is 25.2 Å². The normalized spacial score (nSPS) is 31.2. The molecular weight excluding hydrogens is 208 g/mol. The van der Waals surface area contributed by atoms with Crippen LogP contribution in [0.3, 0.4) is 0 Å². The third-order valence-electron chi connectivity index (χ3n) is 4.87. The van der Waals surface area contributed by atoms with Crippen LogP contribution in [0.5, 0.6) is 0 Å². The van der Waals surface area contributed by atoms with Gasteiger partial charge in [-0.2, -0.15) is 0 Å². The van der Waals surface area contributed by atoms with Crippen LogP contribution in [0.2, 0.25) is 0 Å². The Morgan fingerprint density at radius 2 is 1.82 bits per heavy atom. The van der Waals surface area contributed by atoms with E-state index in [9.17, 15) is 0 Å².